The molecular weight excluding hydrogens is 120 g/mol. The molecule has 0 spiro atoms. The summed E-state index contributed by atoms with van der Waals surface area (Å²) < 4.78 is 0. The monoisotopic (exact) mass is 134 g/mol. The van der Waals surface area contributed by atoms with Crippen molar-refractivity contribution in [1.29, 1.82) is 0 Å². The first kappa shape index (κ1) is 8.96. The molecule has 1 aromatic rings. The number of aryl methyl sites for hydroxylation is 2. The Morgan fingerprint density at radius 1 is 0.900 bits per heavy atom. The highest BCUT2D eigenvalue weighted by atomic mass is 13.9. The number of rotatable bonds is 0. The minimum atomic E-state index is 1.37. The van der Waals surface area contributed by atoms with Gasteiger partial charge < -0.3 is 0 Å². The summed E-state index contributed by atoms with van der Waals surface area (Å²) in [5, 5.41) is 0. The van der Waals surface area contributed by atoms with E-state index in [-0.39, 0.29) is 0 Å². The van der Waals surface area contributed by atoms with Crippen LogP contribution in [0.15, 0.2) is 37.4 Å². The third kappa shape index (κ3) is 2.49. The molecule has 1 rings (SSSR count). The Balaban J connectivity index is 0.000000371. The summed E-state index contributed by atoms with van der Waals surface area (Å²) >= 11 is 0. The molecule has 0 heterocycles. The zero-order chi connectivity index (χ0) is 7.98. The molecule has 0 aliphatic rings. The molecule has 0 saturated heterocycles. The fourth-order valence-electron chi connectivity index (χ4n) is 0.663. The van der Waals surface area contributed by atoms with Gasteiger partial charge in [0.15, 0.2) is 0 Å². The van der Waals surface area contributed by atoms with E-state index < -0.39 is 0 Å². The normalized spacial score (nSPS) is 7.80. The van der Waals surface area contributed by atoms with E-state index in [4.69, 9.17) is 0 Å². The molecule has 0 bridgehead atoms. The van der Waals surface area contributed by atoms with E-state index in [1.54, 1.807) is 0 Å². The van der Waals surface area contributed by atoms with Crippen LogP contribution in [-0.4, -0.2) is 0 Å². The van der Waals surface area contributed by atoms with Crippen molar-refractivity contribution < 1.29 is 0 Å². The molecule has 0 atom stereocenters. The standard InChI is InChI=1S/C8H10.C2H4/c1-7-5-3-4-6-8(7)2;1-2/h3-6H,1-2H3;1-2H2. The van der Waals surface area contributed by atoms with Crippen LogP contribution in [0.5, 0.6) is 0 Å². The fraction of sp³-hybridized carbons (Fsp3) is 0.200. The number of hydrogen-bond donors (Lipinski definition) is 0. The topological polar surface area (TPSA) is 0 Å². The maximum absolute atomic E-state index is 3.00. The lowest BCUT2D eigenvalue weighted by Crippen LogP contribution is -1.74. The third-order valence-electron chi connectivity index (χ3n) is 1.43. The van der Waals surface area contributed by atoms with Crippen molar-refractivity contribution >= 4 is 0 Å². The quantitative estimate of drug-likeness (QED) is 0.478. The molecule has 0 heteroatoms. The van der Waals surface area contributed by atoms with Gasteiger partial charge >= 0.3 is 0 Å². The van der Waals surface area contributed by atoms with Gasteiger partial charge in [0.25, 0.3) is 0 Å². The molecule has 0 aliphatic carbocycles. The minimum Gasteiger partial charge on any atom is -0.106 e. The summed E-state index contributed by atoms with van der Waals surface area (Å²) in [5.41, 5.74) is 2.74. The lowest BCUT2D eigenvalue weighted by Gasteiger charge is -1.93. The Hall–Kier alpha value is -1.04. The van der Waals surface area contributed by atoms with Crippen molar-refractivity contribution in [2.75, 3.05) is 0 Å². The number of benzene rings is 1. The molecule has 10 heavy (non-hydrogen) atoms. The van der Waals surface area contributed by atoms with Gasteiger partial charge in [-0.05, 0) is 25.0 Å². The highest BCUT2D eigenvalue weighted by molar-refractivity contribution is 5.23. The van der Waals surface area contributed by atoms with Crippen LogP contribution in [0.1, 0.15) is 11.1 Å². The second-order valence-electron chi connectivity index (χ2n) is 2.08. The van der Waals surface area contributed by atoms with Crippen LogP contribution in [0, 0.1) is 13.8 Å². The van der Waals surface area contributed by atoms with E-state index in [1.807, 2.05) is 0 Å². The summed E-state index contributed by atoms with van der Waals surface area (Å²) in [6.45, 7) is 10.2. The van der Waals surface area contributed by atoms with Gasteiger partial charge in [-0.3, -0.25) is 0 Å². The minimum absolute atomic E-state index is 1.37. The summed E-state index contributed by atoms with van der Waals surface area (Å²) in [5.74, 6) is 0. The fourth-order valence-corrected chi connectivity index (χ4v) is 0.663. The molecule has 0 aliphatic heterocycles. The Morgan fingerprint density at radius 2 is 1.20 bits per heavy atom. The van der Waals surface area contributed by atoms with Crippen molar-refractivity contribution in [3.05, 3.63) is 48.6 Å². The molecule has 54 valence electrons. The molecule has 0 saturated carbocycles. The molecule has 0 amide bonds. The molecule has 1 aromatic carbocycles. The summed E-state index contributed by atoms with van der Waals surface area (Å²) in [6, 6.07) is 8.36. The summed E-state index contributed by atoms with van der Waals surface area (Å²) in [6.07, 6.45) is 0. The second-order valence-corrected chi connectivity index (χ2v) is 2.08. The van der Waals surface area contributed by atoms with Crippen LogP contribution in [0.4, 0.5) is 0 Å². The van der Waals surface area contributed by atoms with Gasteiger partial charge in [0.1, 0.15) is 0 Å². The van der Waals surface area contributed by atoms with Crippen molar-refractivity contribution in [3.63, 3.8) is 0 Å². The van der Waals surface area contributed by atoms with Gasteiger partial charge in [0.2, 0.25) is 0 Å². The van der Waals surface area contributed by atoms with E-state index in [1.165, 1.54) is 11.1 Å². The van der Waals surface area contributed by atoms with Crippen LogP contribution in [0.3, 0.4) is 0 Å². The maximum Gasteiger partial charge on any atom is -0.0395 e. The van der Waals surface area contributed by atoms with Crippen molar-refractivity contribution in [1.82, 2.24) is 0 Å². The van der Waals surface area contributed by atoms with Crippen molar-refractivity contribution in [3.8, 4) is 0 Å². The van der Waals surface area contributed by atoms with Crippen LogP contribution >= 0.6 is 0 Å². The van der Waals surface area contributed by atoms with Crippen LogP contribution in [-0.2, 0) is 0 Å². The maximum atomic E-state index is 3.00. The van der Waals surface area contributed by atoms with Gasteiger partial charge in [-0.15, -0.1) is 13.2 Å². The smallest absolute Gasteiger partial charge is 0.0395 e. The molecule has 0 unspecified atom stereocenters. The van der Waals surface area contributed by atoms with E-state index in [0.717, 1.165) is 0 Å². The molecule has 0 radical (unpaired) electrons. The first-order chi connectivity index (χ1) is 4.80. The zero-order valence-electron chi connectivity index (χ0n) is 6.72. The average Bonchev–Trinajstić information content (AvgIpc) is 2.00. The molecule has 0 N–H and O–H groups in total. The Morgan fingerprint density at radius 3 is 1.40 bits per heavy atom. The predicted molar refractivity (Wildman–Crippen MR) is 47.2 cm³/mol. The first-order valence-corrected chi connectivity index (χ1v) is 3.33. The van der Waals surface area contributed by atoms with Crippen LogP contribution in [0.2, 0.25) is 0 Å². The Bertz CT molecular complexity index is 168. The summed E-state index contributed by atoms with van der Waals surface area (Å²) in [4.78, 5) is 0. The lowest BCUT2D eigenvalue weighted by molar-refractivity contribution is 1.34. The lowest BCUT2D eigenvalue weighted by atomic mass is 10.1. The molecular formula is C10H14. The SMILES string of the molecule is C=C.Cc1ccccc1C. The van der Waals surface area contributed by atoms with Gasteiger partial charge in [0.05, 0.1) is 0 Å². The number of hydrogen-bond acceptors (Lipinski definition) is 0. The van der Waals surface area contributed by atoms with E-state index in [9.17, 15) is 0 Å². The highest BCUT2D eigenvalue weighted by Gasteiger charge is 1.83. The van der Waals surface area contributed by atoms with E-state index >= 15 is 0 Å². The van der Waals surface area contributed by atoms with Gasteiger partial charge in [-0.2, -0.15) is 0 Å². The van der Waals surface area contributed by atoms with E-state index in [2.05, 4.69) is 51.3 Å². The van der Waals surface area contributed by atoms with Gasteiger partial charge in [-0.1, -0.05) is 24.3 Å². The molecule has 0 aromatic heterocycles. The first-order valence-electron chi connectivity index (χ1n) is 3.33. The summed E-state index contributed by atoms with van der Waals surface area (Å²) in [7, 11) is 0. The third-order valence-corrected chi connectivity index (χ3v) is 1.43. The highest BCUT2D eigenvalue weighted by Crippen LogP contribution is 2.02. The Labute approximate surface area is 63.2 Å². The van der Waals surface area contributed by atoms with Gasteiger partial charge in [-0.25, -0.2) is 0 Å². The zero-order valence-corrected chi connectivity index (χ0v) is 6.72. The van der Waals surface area contributed by atoms with E-state index in [0.29, 0.717) is 0 Å². The van der Waals surface area contributed by atoms with Crippen LogP contribution < -0.4 is 0 Å². The van der Waals surface area contributed by atoms with Crippen LogP contribution in [0.25, 0.3) is 0 Å². The molecule has 0 fully saturated rings. The molecule has 0 nitrogen and oxygen atoms in total. The second kappa shape index (κ2) is 4.80. The largest absolute Gasteiger partial charge is 0.106 e. The van der Waals surface area contributed by atoms with Gasteiger partial charge in [0, 0.05) is 0 Å². The average molecular weight is 134 g/mol. The Kier molecular flexibility index (Phi) is 4.30. The van der Waals surface area contributed by atoms with Crippen molar-refractivity contribution in [2.45, 2.75) is 13.8 Å². The van der Waals surface area contributed by atoms with Crippen molar-refractivity contribution in [2.24, 2.45) is 0 Å². The predicted octanol–water partition coefficient (Wildman–Crippen LogP) is 3.11.